The lowest BCUT2D eigenvalue weighted by Gasteiger charge is -2.00. The molecule has 0 spiro atoms. The SMILES string of the molecule is CC(=O)Oc1cccc(C)c1.O=C(O)c1ccccc1. The van der Waals surface area contributed by atoms with Crippen molar-refractivity contribution in [1.29, 1.82) is 0 Å². The number of carboxylic acids is 1. The third-order valence-corrected chi connectivity index (χ3v) is 2.27. The van der Waals surface area contributed by atoms with Gasteiger partial charge in [-0.05, 0) is 36.8 Å². The van der Waals surface area contributed by atoms with Crippen LogP contribution in [-0.2, 0) is 4.79 Å². The van der Waals surface area contributed by atoms with E-state index in [1.54, 1.807) is 36.4 Å². The van der Waals surface area contributed by atoms with E-state index in [4.69, 9.17) is 9.84 Å². The first kappa shape index (κ1) is 15.4. The number of aromatic carboxylic acids is 1. The largest absolute Gasteiger partial charge is 0.478 e. The second-order valence-electron chi connectivity index (χ2n) is 4.08. The first-order valence-electron chi connectivity index (χ1n) is 6.02. The molecule has 2 aromatic carbocycles. The summed E-state index contributed by atoms with van der Waals surface area (Å²) in [5, 5.41) is 8.38. The number of ether oxygens (including phenoxy) is 1. The molecule has 0 unspecified atom stereocenters. The number of carboxylic acid groups (broad SMARTS) is 1. The molecule has 0 bridgehead atoms. The molecule has 1 N–H and O–H groups in total. The Bertz CT molecular complexity index is 576. The van der Waals surface area contributed by atoms with Gasteiger partial charge in [0.05, 0.1) is 5.56 Å². The highest BCUT2D eigenvalue weighted by atomic mass is 16.5. The summed E-state index contributed by atoms with van der Waals surface area (Å²) in [7, 11) is 0. The molecule has 2 aromatic rings. The van der Waals surface area contributed by atoms with Crippen LogP contribution in [0.15, 0.2) is 54.6 Å². The first-order chi connectivity index (χ1) is 9.49. The molecule has 0 aromatic heterocycles. The van der Waals surface area contributed by atoms with E-state index in [0.29, 0.717) is 11.3 Å². The predicted molar refractivity (Wildman–Crippen MR) is 75.9 cm³/mol. The summed E-state index contributed by atoms with van der Waals surface area (Å²) in [5.74, 6) is -0.552. The summed E-state index contributed by atoms with van der Waals surface area (Å²) < 4.78 is 4.86. The van der Waals surface area contributed by atoms with Crippen LogP contribution in [-0.4, -0.2) is 17.0 Å². The average Bonchev–Trinajstić information content (AvgIpc) is 2.39. The van der Waals surface area contributed by atoms with E-state index >= 15 is 0 Å². The summed E-state index contributed by atoms with van der Waals surface area (Å²) >= 11 is 0. The quantitative estimate of drug-likeness (QED) is 0.673. The molecule has 20 heavy (non-hydrogen) atoms. The molecule has 0 saturated carbocycles. The van der Waals surface area contributed by atoms with Crippen molar-refractivity contribution in [3.8, 4) is 5.75 Å². The highest BCUT2D eigenvalue weighted by Gasteiger charge is 1.97. The van der Waals surface area contributed by atoms with E-state index in [9.17, 15) is 9.59 Å². The summed E-state index contributed by atoms with van der Waals surface area (Å²) in [6.45, 7) is 3.34. The molecule has 0 aliphatic rings. The van der Waals surface area contributed by atoms with E-state index in [-0.39, 0.29) is 5.97 Å². The minimum atomic E-state index is -0.879. The van der Waals surface area contributed by atoms with Crippen molar-refractivity contribution in [3.05, 3.63) is 65.7 Å². The molecule has 0 aliphatic carbocycles. The van der Waals surface area contributed by atoms with Crippen LogP contribution in [0.2, 0.25) is 0 Å². The Hall–Kier alpha value is -2.62. The molecule has 0 amide bonds. The number of hydrogen-bond acceptors (Lipinski definition) is 3. The Morgan fingerprint density at radius 1 is 1.00 bits per heavy atom. The van der Waals surface area contributed by atoms with E-state index < -0.39 is 5.97 Å². The van der Waals surface area contributed by atoms with Gasteiger partial charge in [-0.2, -0.15) is 0 Å². The van der Waals surface area contributed by atoms with Gasteiger partial charge in [-0.15, -0.1) is 0 Å². The van der Waals surface area contributed by atoms with Gasteiger partial charge >= 0.3 is 11.9 Å². The van der Waals surface area contributed by atoms with Crippen molar-refractivity contribution >= 4 is 11.9 Å². The number of carbonyl (C=O) groups excluding carboxylic acids is 1. The average molecular weight is 272 g/mol. The normalized spacial score (nSPS) is 9.10. The van der Waals surface area contributed by atoms with Crippen molar-refractivity contribution in [1.82, 2.24) is 0 Å². The van der Waals surface area contributed by atoms with Crippen LogP contribution in [0.25, 0.3) is 0 Å². The molecule has 2 rings (SSSR count). The zero-order chi connectivity index (χ0) is 15.0. The van der Waals surface area contributed by atoms with Gasteiger partial charge in [0.2, 0.25) is 0 Å². The molecule has 0 heterocycles. The number of hydrogen-bond donors (Lipinski definition) is 1. The lowest BCUT2D eigenvalue weighted by atomic mass is 10.2. The van der Waals surface area contributed by atoms with E-state index in [2.05, 4.69) is 0 Å². The predicted octanol–water partition coefficient (Wildman–Crippen LogP) is 3.31. The second-order valence-corrected chi connectivity index (χ2v) is 4.08. The maximum Gasteiger partial charge on any atom is 0.335 e. The minimum Gasteiger partial charge on any atom is -0.478 e. The Kier molecular flexibility index (Phi) is 5.97. The highest BCUT2D eigenvalue weighted by molar-refractivity contribution is 5.87. The van der Waals surface area contributed by atoms with Crippen molar-refractivity contribution in [3.63, 3.8) is 0 Å². The second kappa shape index (κ2) is 7.74. The number of aryl methyl sites for hydroxylation is 1. The van der Waals surface area contributed by atoms with Crippen molar-refractivity contribution in [2.45, 2.75) is 13.8 Å². The van der Waals surface area contributed by atoms with Gasteiger partial charge in [-0.25, -0.2) is 4.79 Å². The zero-order valence-corrected chi connectivity index (χ0v) is 11.4. The Morgan fingerprint density at radius 2 is 1.65 bits per heavy atom. The molecule has 0 fully saturated rings. The summed E-state index contributed by atoms with van der Waals surface area (Å²) in [4.78, 5) is 20.7. The first-order valence-corrected chi connectivity index (χ1v) is 6.02. The van der Waals surface area contributed by atoms with E-state index in [1.165, 1.54) is 6.92 Å². The third kappa shape index (κ3) is 5.82. The van der Waals surface area contributed by atoms with Gasteiger partial charge in [-0.1, -0.05) is 30.3 Å². The van der Waals surface area contributed by atoms with Crippen LogP contribution in [0, 0.1) is 6.92 Å². The van der Waals surface area contributed by atoms with E-state index in [0.717, 1.165) is 5.56 Å². The summed E-state index contributed by atoms with van der Waals surface area (Å²) in [5.41, 5.74) is 1.42. The molecule has 0 aliphatic heterocycles. The Morgan fingerprint density at radius 3 is 2.10 bits per heavy atom. The standard InChI is InChI=1S/C9H10O2.C7H6O2/c1-7-4-3-5-9(6-7)11-8(2)10;8-7(9)6-4-2-1-3-5-6/h3-6H,1-2H3;1-5H,(H,8,9). The van der Waals surface area contributed by atoms with Gasteiger partial charge in [0.1, 0.15) is 5.75 Å². The summed E-state index contributed by atoms with van der Waals surface area (Å²) in [6.07, 6.45) is 0. The van der Waals surface area contributed by atoms with Gasteiger partial charge in [0.15, 0.2) is 0 Å². The summed E-state index contributed by atoms with van der Waals surface area (Å²) in [6, 6.07) is 15.7. The van der Waals surface area contributed by atoms with Crippen LogP contribution >= 0.6 is 0 Å². The van der Waals surface area contributed by atoms with Gasteiger partial charge < -0.3 is 9.84 Å². The fourth-order valence-electron chi connectivity index (χ4n) is 1.43. The van der Waals surface area contributed by atoms with Crippen LogP contribution in [0.4, 0.5) is 0 Å². The van der Waals surface area contributed by atoms with Crippen LogP contribution in [0.5, 0.6) is 5.75 Å². The fraction of sp³-hybridized carbons (Fsp3) is 0.125. The molecule has 4 heteroatoms. The number of rotatable bonds is 2. The van der Waals surface area contributed by atoms with Gasteiger partial charge in [0.25, 0.3) is 0 Å². The Labute approximate surface area is 117 Å². The van der Waals surface area contributed by atoms with Gasteiger partial charge in [0, 0.05) is 6.92 Å². The van der Waals surface area contributed by atoms with Crippen molar-refractivity contribution in [2.75, 3.05) is 0 Å². The molecule has 4 nitrogen and oxygen atoms in total. The Balaban J connectivity index is 0.000000204. The third-order valence-electron chi connectivity index (χ3n) is 2.27. The molecule has 0 atom stereocenters. The number of esters is 1. The molecular weight excluding hydrogens is 256 g/mol. The van der Waals surface area contributed by atoms with E-state index in [1.807, 2.05) is 25.1 Å². The smallest absolute Gasteiger partial charge is 0.335 e. The fourth-order valence-corrected chi connectivity index (χ4v) is 1.43. The maximum atomic E-state index is 10.5. The highest BCUT2D eigenvalue weighted by Crippen LogP contribution is 2.11. The molecule has 104 valence electrons. The van der Waals surface area contributed by atoms with Crippen molar-refractivity contribution in [2.24, 2.45) is 0 Å². The molecule has 0 radical (unpaired) electrons. The zero-order valence-electron chi connectivity index (χ0n) is 11.4. The maximum absolute atomic E-state index is 10.5. The number of benzene rings is 2. The van der Waals surface area contributed by atoms with Crippen LogP contribution < -0.4 is 4.74 Å². The molecular formula is C16H16O4. The lowest BCUT2D eigenvalue weighted by molar-refractivity contribution is -0.131. The lowest BCUT2D eigenvalue weighted by Crippen LogP contribution is -2.00. The van der Waals surface area contributed by atoms with Crippen molar-refractivity contribution < 1.29 is 19.4 Å². The van der Waals surface area contributed by atoms with Gasteiger partial charge in [-0.3, -0.25) is 4.79 Å². The van der Waals surface area contributed by atoms with Crippen LogP contribution in [0.3, 0.4) is 0 Å². The topological polar surface area (TPSA) is 63.6 Å². The monoisotopic (exact) mass is 272 g/mol. The molecule has 0 saturated heterocycles. The minimum absolute atomic E-state index is 0.282. The number of carbonyl (C=O) groups is 2. The van der Waals surface area contributed by atoms with Crippen LogP contribution in [0.1, 0.15) is 22.8 Å².